The minimum atomic E-state index is 0.0579. The Balaban J connectivity index is 2.03. The quantitative estimate of drug-likeness (QED) is 0.793. The number of carbonyl (C=O) groups excluding carboxylic acids is 1. The predicted molar refractivity (Wildman–Crippen MR) is 77.9 cm³/mol. The van der Waals surface area contributed by atoms with E-state index in [1.165, 1.54) is 5.57 Å². The van der Waals surface area contributed by atoms with Crippen molar-refractivity contribution in [1.29, 1.82) is 0 Å². The van der Waals surface area contributed by atoms with Crippen LogP contribution in [0.3, 0.4) is 0 Å². The molecule has 0 spiro atoms. The number of hydrogen-bond acceptors (Lipinski definition) is 3. The predicted octanol–water partition coefficient (Wildman–Crippen LogP) is 3.18. The molecule has 0 radical (unpaired) electrons. The molecular formula is C16H24N2O2. The van der Waals surface area contributed by atoms with Gasteiger partial charge in [0.15, 0.2) is 0 Å². The van der Waals surface area contributed by atoms with Gasteiger partial charge in [0.25, 0.3) is 0 Å². The van der Waals surface area contributed by atoms with Crippen molar-refractivity contribution in [3.05, 3.63) is 29.2 Å². The number of allylic oxidation sites excluding steroid dienone is 2. The highest BCUT2D eigenvalue weighted by atomic mass is 16.5. The van der Waals surface area contributed by atoms with E-state index < -0.39 is 0 Å². The maximum absolute atomic E-state index is 12.6. The first-order valence-corrected chi connectivity index (χ1v) is 7.05. The molecule has 1 aliphatic rings. The topological polar surface area (TPSA) is 46.3 Å². The van der Waals surface area contributed by atoms with Gasteiger partial charge >= 0.3 is 0 Å². The van der Waals surface area contributed by atoms with E-state index in [9.17, 15) is 4.79 Å². The normalized spacial score (nSPS) is 23.3. The second kappa shape index (κ2) is 5.08. The van der Waals surface area contributed by atoms with Crippen LogP contribution in [0.25, 0.3) is 0 Å². The van der Waals surface area contributed by atoms with E-state index in [0.717, 1.165) is 11.5 Å². The lowest BCUT2D eigenvalue weighted by Crippen LogP contribution is -2.29. The Kier molecular flexibility index (Phi) is 3.76. The molecule has 1 heterocycles. The lowest BCUT2D eigenvalue weighted by molar-refractivity contribution is -0.132. The summed E-state index contributed by atoms with van der Waals surface area (Å²) in [6, 6.07) is 1.87. The van der Waals surface area contributed by atoms with Crippen LogP contribution in [0.1, 0.15) is 39.1 Å². The van der Waals surface area contributed by atoms with Gasteiger partial charge in [0.05, 0.1) is 12.5 Å². The van der Waals surface area contributed by atoms with Crippen LogP contribution < -0.4 is 0 Å². The zero-order valence-corrected chi connectivity index (χ0v) is 13.2. The Morgan fingerprint density at radius 2 is 2.15 bits per heavy atom. The Bertz CT molecular complexity index is 538. The molecular weight excluding hydrogens is 252 g/mol. The van der Waals surface area contributed by atoms with Crippen molar-refractivity contribution in [2.75, 3.05) is 7.05 Å². The molecule has 4 heteroatoms. The van der Waals surface area contributed by atoms with Crippen LogP contribution >= 0.6 is 0 Å². The highest BCUT2D eigenvalue weighted by Crippen LogP contribution is 2.60. The molecule has 0 aliphatic heterocycles. The highest BCUT2D eigenvalue weighted by Gasteiger charge is 2.60. The molecule has 0 bridgehead atoms. The van der Waals surface area contributed by atoms with Crippen LogP contribution in [0.2, 0.25) is 0 Å². The molecule has 2 atom stereocenters. The van der Waals surface area contributed by atoms with Gasteiger partial charge in [0.2, 0.25) is 5.91 Å². The summed E-state index contributed by atoms with van der Waals surface area (Å²) in [7, 11) is 1.83. The monoisotopic (exact) mass is 276 g/mol. The summed E-state index contributed by atoms with van der Waals surface area (Å²) in [5.74, 6) is 1.39. The van der Waals surface area contributed by atoms with Gasteiger partial charge < -0.3 is 9.42 Å². The summed E-state index contributed by atoms with van der Waals surface area (Å²) in [5.41, 5.74) is 2.13. The number of hydrogen-bond donors (Lipinski definition) is 0. The standard InChI is InChI=1S/C16H24N2O2/c1-10(2)7-13-14(16(13,4)5)15(19)18(6)9-12-8-11(3)20-17-12/h7-8,13-14H,9H2,1-6H3/t13-,14+/m1/s1. The summed E-state index contributed by atoms with van der Waals surface area (Å²) in [6.07, 6.45) is 2.22. The van der Waals surface area contributed by atoms with E-state index >= 15 is 0 Å². The van der Waals surface area contributed by atoms with Crippen LogP contribution in [0.15, 0.2) is 22.2 Å². The molecule has 0 saturated heterocycles. The fraction of sp³-hybridized carbons (Fsp3) is 0.625. The second-order valence-corrected chi connectivity index (χ2v) is 6.69. The van der Waals surface area contributed by atoms with Crippen molar-refractivity contribution in [2.24, 2.45) is 17.3 Å². The third-order valence-electron chi connectivity index (χ3n) is 4.14. The van der Waals surface area contributed by atoms with Gasteiger partial charge in [-0.05, 0) is 32.1 Å². The number of aromatic nitrogens is 1. The van der Waals surface area contributed by atoms with Crippen molar-refractivity contribution in [1.82, 2.24) is 10.1 Å². The average molecular weight is 276 g/mol. The minimum Gasteiger partial charge on any atom is -0.361 e. The Labute approximate surface area is 120 Å². The van der Waals surface area contributed by atoms with Crippen LogP contribution in [-0.2, 0) is 11.3 Å². The first kappa shape index (κ1) is 14.8. The van der Waals surface area contributed by atoms with E-state index in [-0.39, 0.29) is 17.2 Å². The fourth-order valence-corrected chi connectivity index (χ4v) is 2.87. The van der Waals surface area contributed by atoms with Crippen molar-refractivity contribution >= 4 is 5.91 Å². The van der Waals surface area contributed by atoms with Crippen molar-refractivity contribution in [3.63, 3.8) is 0 Å². The van der Waals surface area contributed by atoms with Gasteiger partial charge in [-0.25, -0.2) is 0 Å². The number of carbonyl (C=O) groups is 1. The zero-order valence-electron chi connectivity index (χ0n) is 13.2. The molecule has 1 fully saturated rings. The molecule has 0 N–H and O–H groups in total. The van der Waals surface area contributed by atoms with Crippen molar-refractivity contribution in [2.45, 2.75) is 41.2 Å². The van der Waals surface area contributed by atoms with Gasteiger partial charge in [-0.15, -0.1) is 0 Å². The molecule has 0 unspecified atom stereocenters. The molecule has 2 rings (SSSR count). The molecule has 1 aliphatic carbocycles. The van der Waals surface area contributed by atoms with E-state index in [0.29, 0.717) is 12.5 Å². The number of rotatable bonds is 4. The SMILES string of the molecule is CC(C)=C[C@@H]1[C@@H](C(=O)N(C)Cc2cc(C)on2)C1(C)C. The molecule has 1 amide bonds. The fourth-order valence-electron chi connectivity index (χ4n) is 2.87. The number of amides is 1. The van der Waals surface area contributed by atoms with Gasteiger partial charge in [0.1, 0.15) is 11.5 Å². The Morgan fingerprint density at radius 1 is 1.50 bits per heavy atom. The lowest BCUT2D eigenvalue weighted by atomic mass is 10.1. The smallest absolute Gasteiger partial charge is 0.226 e. The van der Waals surface area contributed by atoms with Gasteiger partial charge in [-0.1, -0.05) is 30.7 Å². The van der Waals surface area contributed by atoms with E-state index in [1.54, 1.807) is 4.90 Å². The Morgan fingerprint density at radius 3 is 2.65 bits per heavy atom. The summed E-state index contributed by atoms with van der Waals surface area (Å²) >= 11 is 0. The summed E-state index contributed by atoms with van der Waals surface area (Å²) in [5, 5.41) is 3.94. The van der Waals surface area contributed by atoms with Crippen LogP contribution in [0.4, 0.5) is 0 Å². The molecule has 0 aromatic carbocycles. The molecule has 1 aromatic rings. The first-order chi connectivity index (χ1) is 9.23. The minimum absolute atomic E-state index is 0.0579. The van der Waals surface area contributed by atoms with Crippen LogP contribution in [0, 0.1) is 24.2 Å². The van der Waals surface area contributed by atoms with Crippen LogP contribution in [-0.4, -0.2) is 23.0 Å². The third-order valence-corrected chi connectivity index (χ3v) is 4.14. The maximum atomic E-state index is 12.6. The summed E-state index contributed by atoms with van der Waals surface area (Å²) in [6.45, 7) is 10.8. The summed E-state index contributed by atoms with van der Waals surface area (Å²) < 4.78 is 5.04. The molecule has 110 valence electrons. The van der Waals surface area contributed by atoms with E-state index in [4.69, 9.17) is 4.52 Å². The molecule has 1 aromatic heterocycles. The van der Waals surface area contributed by atoms with Crippen molar-refractivity contribution < 1.29 is 9.32 Å². The third kappa shape index (κ3) is 2.79. The summed E-state index contributed by atoms with van der Waals surface area (Å²) in [4.78, 5) is 14.3. The van der Waals surface area contributed by atoms with Gasteiger partial charge in [-0.3, -0.25) is 4.79 Å². The van der Waals surface area contributed by atoms with Gasteiger partial charge in [-0.2, -0.15) is 0 Å². The largest absolute Gasteiger partial charge is 0.361 e. The van der Waals surface area contributed by atoms with E-state index in [1.807, 2.05) is 20.0 Å². The van der Waals surface area contributed by atoms with E-state index in [2.05, 4.69) is 38.9 Å². The number of nitrogens with zero attached hydrogens (tertiary/aromatic N) is 2. The lowest BCUT2D eigenvalue weighted by Gasteiger charge is -2.16. The zero-order chi connectivity index (χ0) is 15.1. The van der Waals surface area contributed by atoms with Crippen molar-refractivity contribution in [3.8, 4) is 0 Å². The van der Waals surface area contributed by atoms with Crippen LogP contribution in [0.5, 0.6) is 0 Å². The first-order valence-electron chi connectivity index (χ1n) is 7.05. The molecule has 4 nitrogen and oxygen atoms in total. The Hall–Kier alpha value is -1.58. The molecule has 20 heavy (non-hydrogen) atoms. The maximum Gasteiger partial charge on any atom is 0.226 e. The second-order valence-electron chi connectivity index (χ2n) is 6.69. The van der Waals surface area contributed by atoms with Gasteiger partial charge in [0, 0.05) is 13.1 Å². The molecule has 1 saturated carbocycles. The highest BCUT2D eigenvalue weighted by molar-refractivity contribution is 5.83. The average Bonchev–Trinajstić information content (AvgIpc) is 2.68. The number of aryl methyl sites for hydroxylation is 1.